The third-order valence-electron chi connectivity index (χ3n) is 3.78. The van der Waals surface area contributed by atoms with Gasteiger partial charge in [0.05, 0.1) is 9.52 Å². The third kappa shape index (κ3) is 3.85. The number of allylic oxidation sites excluding steroid dienone is 2. The number of hydrogen-bond donors (Lipinski definition) is 0. The summed E-state index contributed by atoms with van der Waals surface area (Å²) in [5.74, 6) is 1.78. The number of benzene rings is 1. The van der Waals surface area contributed by atoms with Gasteiger partial charge in [-0.2, -0.15) is 0 Å². The molecule has 0 heterocycles. The fourth-order valence-corrected chi connectivity index (χ4v) is 3.63. The molecule has 0 N–H and O–H groups in total. The summed E-state index contributed by atoms with van der Waals surface area (Å²) < 4.78 is 0. The zero-order chi connectivity index (χ0) is 12.1. The Bertz CT molecular complexity index is 364. The maximum Gasteiger partial charge on any atom is 0.0852 e. The van der Waals surface area contributed by atoms with Gasteiger partial charge in [0.1, 0.15) is 0 Å². The molecule has 1 atom stereocenters. The molecule has 1 aliphatic carbocycles. The molecular formula is C16H22Si. The summed E-state index contributed by atoms with van der Waals surface area (Å²) in [6.07, 6.45) is 6.57. The van der Waals surface area contributed by atoms with E-state index < -0.39 is 0 Å². The highest BCUT2D eigenvalue weighted by molar-refractivity contribution is 6.54. The van der Waals surface area contributed by atoms with Gasteiger partial charge in [-0.05, 0) is 37.1 Å². The molecule has 1 heteroatoms. The van der Waals surface area contributed by atoms with Gasteiger partial charge < -0.3 is 0 Å². The molecule has 1 unspecified atom stereocenters. The Labute approximate surface area is 108 Å². The zero-order valence-corrected chi connectivity index (χ0v) is 11.9. The molecule has 2 rings (SSSR count). The van der Waals surface area contributed by atoms with Crippen molar-refractivity contribution in [3.8, 4) is 0 Å². The fraction of sp³-hybridized carbons (Fsp3) is 0.500. The van der Waals surface area contributed by atoms with E-state index in [1.807, 2.05) is 0 Å². The molecule has 0 fully saturated rings. The monoisotopic (exact) mass is 242 g/mol. The Kier molecular flexibility index (Phi) is 4.61. The Morgan fingerprint density at radius 1 is 1.24 bits per heavy atom. The van der Waals surface area contributed by atoms with E-state index in [4.69, 9.17) is 0 Å². The van der Waals surface area contributed by atoms with Crippen LogP contribution in [0.15, 0.2) is 42.0 Å². The van der Waals surface area contributed by atoms with Crippen molar-refractivity contribution in [1.82, 2.24) is 0 Å². The number of rotatable bonds is 4. The second-order valence-corrected chi connectivity index (χ2v) is 6.64. The predicted molar refractivity (Wildman–Crippen MR) is 76.9 cm³/mol. The highest BCUT2D eigenvalue weighted by Crippen LogP contribution is 2.30. The van der Waals surface area contributed by atoms with Crippen LogP contribution in [0.3, 0.4) is 0 Å². The Morgan fingerprint density at radius 2 is 2.00 bits per heavy atom. The summed E-state index contributed by atoms with van der Waals surface area (Å²) >= 11 is 0. The van der Waals surface area contributed by atoms with Crippen molar-refractivity contribution < 1.29 is 0 Å². The molecule has 0 saturated heterocycles. The van der Waals surface area contributed by atoms with Gasteiger partial charge in [0.2, 0.25) is 0 Å². The molecule has 0 saturated carbocycles. The minimum atomic E-state index is 0.851. The molecule has 1 aromatic carbocycles. The van der Waals surface area contributed by atoms with Crippen molar-refractivity contribution in [3.05, 3.63) is 42.0 Å². The average Bonchev–Trinajstić information content (AvgIpc) is 2.38. The van der Waals surface area contributed by atoms with E-state index in [2.05, 4.69) is 50.3 Å². The molecule has 0 spiro atoms. The predicted octanol–water partition coefficient (Wildman–Crippen LogP) is 3.82. The van der Waals surface area contributed by atoms with E-state index in [0.29, 0.717) is 0 Å². The summed E-state index contributed by atoms with van der Waals surface area (Å²) in [6, 6.07) is 12.2. The summed E-state index contributed by atoms with van der Waals surface area (Å²) in [6.45, 7) is 4.71. The molecule has 0 aliphatic heterocycles. The second-order valence-electron chi connectivity index (χ2n) is 5.36. The van der Waals surface area contributed by atoms with Gasteiger partial charge in [0, 0.05) is 0 Å². The van der Waals surface area contributed by atoms with Gasteiger partial charge in [-0.1, -0.05) is 61.0 Å². The van der Waals surface area contributed by atoms with Crippen LogP contribution in [0.5, 0.6) is 0 Å². The molecule has 90 valence electrons. The standard InChI is InChI=1S/C16H22Si/c1-13(2)15-10-8-14(9-11-15)12-17-16-6-4-3-5-7-16/h3-8,13,15H,9-12H2,1-2H3. The lowest BCUT2D eigenvalue weighted by Crippen LogP contribution is -2.16. The normalized spacial score (nSPS) is 20.4. The lowest BCUT2D eigenvalue weighted by atomic mass is 9.83. The first-order valence-electron chi connectivity index (χ1n) is 6.72. The topological polar surface area (TPSA) is 0 Å². The highest BCUT2D eigenvalue weighted by atomic mass is 28.2. The molecule has 1 aromatic rings. The van der Waals surface area contributed by atoms with Crippen molar-refractivity contribution in [2.45, 2.75) is 39.2 Å². The molecule has 2 radical (unpaired) electrons. The summed E-state index contributed by atoms with van der Waals surface area (Å²) in [5, 5.41) is 1.50. The third-order valence-corrected chi connectivity index (χ3v) is 5.15. The summed E-state index contributed by atoms with van der Waals surface area (Å²) in [4.78, 5) is 0. The van der Waals surface area contributed by atoms with Crippen LogP contribution in [-0.2, 0) is 0 Å². The van der Waals surface area contributed by atoms with E-state index in [1.54, 1.807) is 5.57 Å². The van der Waals surface area contributed by atoms with Gasteiger partial charge >= 0.3 is 0 Å². The van der Waals surface area contributed by atoms with Crippen LogP contribution in [-0.4, -0.2) is 9.52 Å². The average molecular weight is 242 g/mol. The van der Waals surface area contributed by atoms with Gasteiger partial charge in [-0.15, -0.1) is 0 Å². The van der Waals surface area contributed by atoms with E-state index >= 15 is 0 Å². The van der Waals surface area contributed by atoms with E-state index in [9.17, 15) is 0 Å². The van der Waals surface area contributed by atoms with Gasteiger partial charge in [-0.25, -0.2) is 0 Å². The smallest absolute Gasteiger partial charge is 0.0852 e. The Hall–Kier alpha value is -0.823. The molecule has 0 nitrogen and oxygen atoms in total. The maximum atomic E-state index is 2.52. The van der Waals surface area contributed by atoms with Crippen LogP contribution in [0.25, 0.3) is 0 Å². The Morgan fingerprint density at radius 3 is 2.59 bits per heavy atom. The molecule has 0 bridgehead atoms. The molecule has 0 aromatic heterocycles. The van der Waals surface area contributed by atoms with Gasteiger partial charge in [-0.3, -0.25) is 0 Å². The zero-order valence-electron chi connectivity index (χ0n) is 10.9. The number of hydrogen-bond acceptors (Lipinski definition) is 0. The summed E-state index contributed by atoms with van der Waals surface area (Å²) in [5.41, 5.74) is 1.70. The van der Waals surface area contributed by atoms with Crippen molar-refractivity contribution in [3.63, 3.8) is 0 Å². The quantitative estimate of drug-likeness (QED) is 0.556. The van der Waals surface area contributed by atoms with E-state index in [-0.39, 0.29) is 0 Å². The molecule has 0 amide bonds. The first kappa shape index (κ1) is 12.6. The molecule has 17 heavy (non-hydrogen) atoms. The SMILES string of the molecule is CC(C)C1CC=C(C[Si]c2ccccc2)CC1. The van der Waals surface area contributed by atoms with Gasteiger partial charge in [0.25, 0.3) is 0 Å². The maximum absolute atomic E-state index is 2.52. The van der Waals surface area contributed by atoms with Crippen molar-refractivity contribution in [2.75, 3.05) is 0 Å². The Balaban J connectivity index is 1.81. The van der Waals surface area contributed by atoms with Gasteiger partial charge in [0.15, 0.2) is 0 Å². The first-order chi connectivity index (χ1) is 8.25. The second kappa shape index (κ2) is 6.20. The first-order valence-corrected chi connectivity index (χ1v) is 7.93. The largest absolute Gasteiger partial charge is 0.0853 e. The van der Waals surface area contributed by atoms with Crippen molar-refractivity contribution in [1.29, 1.82) is 0 Å². The van der Waals surface area contributed by atoms with E-state index in [0.717, 1.165) is 21.4 Å². The summed E-state index contributed by atoms with van der Waals surface area (Å²) in [7, 11) is 0.954. The van der Waals surface area contributed by atoms with Crippen LogP contribution in [0, 0.1) is 11.8 Å². The molecular weight excluding hydrogens is 220 g/mol. The van der Waals surface area contributed by atoms with Crippen molar-refractivity contribution >= 4 is 14.7 Å². The van der Waals surface area contributed by atoms with Crippen LogP contribution < -0.4 is 5.19 Å². The van der Waals surface area contributed by atoms with Crippen LogP contribution >= 0.6 is 0 Å². The van der Waals surface area contributed by atoms with Crippen LogP contribution in [0.1, 0.15) is 33.1 Å². The molecule has 1 aliphatic rings. The van der Waals surface area contributed by atoms with E-state index in [1.165, 1.54) is 30.5 Å². The minimum Gasteiger partial charge on any atom is -0.0853 e. The minimum absolute atomic E-state index is 0.851. The lowest BCUT2D eigenvalue weighted by Gasteiger charge is -2.24. The van der Waals surface area contributed by atoms with Crippen molar-refractivity contribution in [2.24, 2.45) is 11.8 Å². The lowest BCUT2D eigenvalue weighted by molar-refractivity contribution is 0.350. The van der Waals surface area contributed by atoms with Crippen LogP contribution in [0.2, 0.25) is 6.04 Å². The fourth-order valence-electron chi connectivity index (χ4n) is 2.45. The van der Waals surface area contributed by atoms with Crippen LogP contribution in [0.4, 0.5) is 0 Å². The highest BCUT2D eigenvalue weighted by Gasteiger charge is 2.17.